The summed E-state index contributed by atoms with van der Waals surface area (Å²) < 4.78 is 5.27. The molecule has 0 radical (unpaired) electrons. The molecule has 1 aromatic heterocycles. The fourth-order valence-corrected chi connectivity index (χ4v) is 5.27. The van der Waals surface area contributed by atoms with Gasteiger partial charge in [0.15, 0.2) is 0 Å². The molecule has 2 bridgehead atoms. The number of amides is 4. The van der Waals surface area contributed by atoms with E-state index >= 15 is 0 Å². The molecule has 3 rings (SSSR count). The smallest absolute Gasteiger partial charge is 0.271 e. The maximum absolute atomic E-state index is 13.3. The molecule has 0 unspecified atom stereocenters. The summed E-state index contributed by atoms with van der Waals surface area (Å²) >= 11 is 1.28. The molecule has 2 aromatic rings. The highest BCUT2D eigenvalue weighted by atomic mass is 32.1. The van der Waals surface area contributed by atoms with Crippen molar-refractivity contribution in [1.29, 1.82) is 0 Å². The molecule has 39 heavy (non-hydrogen) atoms. The van der Waals surface area contributed by atoms with Crippen LogP contribution in [0.25, 0.3) is 0 Å². The Morgan fingerprint density at radius 1 is 1.13 bits per heavy atom. The molecule has 3 atom stereocenters. The predicted octanol–water partition coefficient (Wildman–Crippen LogP) is 2.51. The molecule has 4 N–H and O–H groups in total. The third-order valence-electron chi connectivity index (χ3n) is 6.44. The second-order valence-electron chi connectivity index (χ2n) is 9.87. The molecular formula is C28H39N5O5S. The van der Waals surface area contributed by atoms with Crippen molar-refractivity contribution in [3.8, 4) is 0 Å². The monoisotopic (exact) mass is 557 g/mol. The van der Waals surface area contributed by atoms with Crippen LogP contribution in [0.4, 0.5) is 0 Å². The first-order valence-electron chi connectivity index (χ1n) is 13.5. The van der Waals surface area contributed by atoms with E-state index in [0.29, 0.717) is 43.8 Å². The molecule has 1 aliphatic rings. The number of hydrogen-bond acceptors (Lipinski definition) is 7. The van der Waals surface area contributed by atoms with Gasteiger partial charge in [0.25, 0.3) is 5.91 Å². The van der Waals surface area contributed by atoms with Crippen molar-refractivity contribution in [1.82, 2.24) is 26.3 Å². The summed E-state index contributed by atoms with van der Waals surface area (Å²) in [5.41, 5.74) is 1.12. The zero-order chi connectivity index (χ0) is 28.2. The summed E-state index contributed by atoms with van der Waals surface area (Å²) in [5.74, 6) is -1.31. The van der Waals surface area contributed by atoms with Crippen LogP contribution in [0.3, 0.4) is 0 Å². The number of carbonyl (C=O) groups excluding carboxylic acids is 4. The topological polar surface area (TPSA) is 139 Å². The van der Waals surface area contributed by atoms with Gasteiger partial charge in [0.2, 0.25) is 17.7 Å². The van der Waals surface area contributed by atoms with Crippen LogP contribution in [0.2, 0.25) is 0 Å². The Hall–Kier alpha value is -3.31. The van der Waals surface area contributed by atoms with Gasteiger partial charge in [0, 0.05) is 31.4 Å². The maximum Gasteiger partial charge on any atom is 0.271 e. The molecular weight excluding hydrogens is 518 g/mol. The van der Waals surface area contributed by atoms with Gasteiger partial charge in [0.1, 0.15) is 22.8 Å². The van der Waals surface area contributed by atoms with Crippen molar-refractivity contribution >= 4 is 35.0 Å². The molecule has 10 nitrogen and oxygen atoms in total. The molecule has 0 spiro atoms. The van der Waals surface area contributed by atoms with Gasteiger partial charge in [-0.3, -0.25) is 19.2 Å². The van der Waals surface area contributed by atoms with E-state index in [2.05, 4.69) is 26.3 Å². The molecule has 0 fully saturated rings. The lowest BCUT2D eigenvalue weighted by Crippen LogP contribution is -2.49. The van der Waals surface area contributed by atoms with Crippen molar-refractivity contribution in [2.24, 2.45) is 5.92 Å². The van der Waals surface area contributed by atoms with Crippen molar-refractivity contribution < 1.29 is 23.9 Å². The lowest BCUT2D eigenvalue weighted by molar-refractivity contribution is -0.130. The van der Waals surface area contributed by atoms with Crippen LogP contribution in [0.15, 0.2) is 35.7 Å². The minimum Gasteiger partial charge on any atom is -0.381 e. The summed E-state index contributed by atoms with van der Waals surface area (Å²) in [6.45, 7) is 6.95. The van der Waals surface area contributed by atoms with E-state index in [0.717, 1.165) is 5.56 Å². The van der Waals surface area contributed by atoms with Gasteiger partial charge in [-0.1, -0.05) is 44.2 Å². The van der Waals surface area contributed by atoms with E-state index in [9.17, 15) is 19.2 Å². The zero-order valence-corrected chi connectivity index (χ0v) is 23.6. The van der Waals surface area contributed by atoms with Crippen LogP contribution >= 0.6 is 11.3 Å². The fraction of sp³-hybridized carbons (Fsp3) is 0.536. The number of benzene rings is 1. The number of ether oxygens (including phenoxy) is 1. The minimum absolute atomic E-state index is 0.0131. The van der Waals surface area contributed by atoms with E-state index < -0.39 is 24.0 Å². The SMILES string of the molecule is CCOCCC(=O)N[C@H]1CCCCNC(=O)[C@@H](Cc2ccccc2)NC(=O)c2csc(n2)[C@@H](C(C)C)NC1=O. The standard InChI is InChI=1S/C28H39N5O5S/c1-4-38-15-13-23(34)30-20-12-8-9-14-29-25(35)21(16-19-10-6-5-7-11-19)31-27(37)22-17-39-28(32-22)24(18(2)3)33-26(20)36/h5-7,10-11,17-18,20-21,24H,4,8-9,12-16H2,1-3H3,(H,29,35)(H,30,34)(H,31,37)(H,33,36)/t20-,21+,24+/m0/s1. The molecule has 11 heteroatoms. The van der Waals surface area contributed by atoms with E-state index in [4.69, 9.17) is 4.74 Å². The highest BCUT2D eigenvalue weighted by Crippen LogP contribution is 2.25. The quantitative estimate of drug-likeness (QED) is 0.368. The summed E-state index contributed by atoms with van der Waals surface area (Å²) in [5, 5.41) is 13.8. The van der Waals surface area contributed by atoms with Crippen LogP contribution < -0.4 is 21.3 Å². The number of nitrogens with zero attached hydrogens (tertiary/aromatic N) is 1. The number of aromatic nitrogens is 1. The molecule has 2 heterocycles. The van der Waals surface area contributed by atoms with Gasteiger partial charge < -0.3 is 26.0 Å². The van der Waals surface area contributed by atoms with Crippen molar-refractivity contribution in [3.05, 3.63) is 52.0 Å². The number of rotatable bonds is 8. The lowest BCUT2D eigenvalue weighted by atomic mass is 10.0. The molecule has 1 aromatic carbocycles. The van der Waals surface area contributed by atoms with Crippen LogP contribution in [0.1, 0.15) is 73.6 Å². The van der Waals surface area contributed by atoms with Gasteiger partial charge in [-0.05, 0) is 37.7 Å². The minimum atomic E-state index is -0.768. The molecule has 0 aliphatic carbocycles. The molecule has 0 saturated carbocycles. The number of hydrogen-bond donors (Lipinski definition) is 4. The van der Waals surface area contributed by atoms with Gasteiger partial charge in [-0.25, -0.2) is 4.98 Å². The van der Waals surface area contributed by atoms with E-state index in [-0.39, 0.29) is 42.4 Å². The van der Waals surface area contributed by atoms with Crippen LogP contribution in [-0.2, 0) is 25.5 Å². The van der Waals surface area contributed by atoms with Crippen molar-refractivity contribution in [2.45, 2.75) is 71.0 Å². The highest BCUT2D eigenvalue weighted by Gasteiger charge is 2.29. The van der Waals surface area contributed by atoms with Crippen LogP contribution in [0.5, 0.6) is 0 Å². The normalized spacial score (nSPS) is 21.1. The number of carbonyl (C=O) groups is 4. The molecule has 4 amide bonds. The lowest BCUT2D eigenvalue weighted by Gasteiger charge is -2.25. The Labute approximate surface area is 233 Å². The van der Waals surface area contributed by atoms with Gasteiger partial charge in [-0.2, -0.15) is 0 Å². The molecule has 0 saturated heterocycles. The van der Waals surface area contributed by atoms with Crippen molar-refractivity contribution in [2.75, 3.05) is 19.8 Å². The first-order chi connectivity index (χ1) is 18.8. The van der Waals surface area contributed by atoms with Gasteiger partial charge in [0.05, 0.1) is 12.6 Å². The molecule has 212 valence electrons. The molecule has 1 aliphatic heterocycles. The second-order valence-corrected chi connectivity index (χ2v) is 10.8. The summed E-state index contributed by atoms with van der Waals surface area (Å²) in [7, 11) is 0. The first kappa shape index (κ1) is 30.2. The number of nitrogens with one attached hydrogen (secondary N) is 4. The number of fused-ring (bicyclic) bond motifs is 2. The highest BCUT2D eigenvalue weighted by molar-refractivity contribution is 7.09. The third kappa shape index (κ3) is 9.43. The summed E-state index contributed by atoms with van der Waals surface area (Å²) in [6, 6.07) is 7.57. The van der Waals surface area contributed by atoms with Gasteiger partial charge >= 0.3 is 0 Å². The Kier molecular flexibility index (Phi) is 11.9. The van der Waals surface area contributed by atoms with E-state index in [1.807, 2.05) is 51.1 Å². The third-order valence-corrected chi connectivity index (χ3v) is 7.37. The maximum atomic E-state index is 13.3. The largest absolute Gasteiger partial charge is 0.381 e. The summed E-state index contributed by atoms with van der Waals surface area (Å²) in [4.78, 5) is 56.5. The summed E-state index contributed by atoms with van der Waals surface area (Å²) in [6.07, 6.45) is 2.14. The van der Waals surface area contributed by atoms with Crippen LogP contribution in [0, 0.1) is 5.92 Å². The van der Waals surface area contributed by atoms with E-state index in [1.54, 1.807) is 5.38 Å². The average molecular weight is 558 g/mol. The Morgan fingerprint density at radius 3 is 2.62 bits per heavy atom. The first-order valence-corrected chi connectivity index (χ1v) is 14.4. The fourth-order valence-electron chi connectivity index (χ4n) is 4.25. The van der Waals surface area contributed by atoms with Crippen LogP contribution in [-0.4, -0.2) is 60.5 Å². The number of thiazole rings is 1. The Bertz CT molecular complexity index is 1110. The second kappa shape index (κ2) is 15.3. The van der Waals surface area contributed by atoms with E-state index in [1.165, 1.54) is 11.3 Å². The Balaban J connectivity index is 1.82. The van der Waals surface area contributed by atoms with Gasteiger partial charge in [-0.15, -0.1) is 11.3 Å². The average Bonchev–Trinajstić information content (AvgIpc) is 3.40. The Morgan fingerprint density at radius 2 is 1.90 bits per heavy atom. The predicted molar refractivity (Wildman–Crippen MR) is 149 cm³/mol. The zero-order valence-electron chi connectivity index (χ0n) is 22.8. The van der Waals surface area contributed by atoms with Crippen molar-refractivity contribution in [3.63, 3.8) is 0 Å².